The minimum absolute atomic E-state index is 0.234. The summed E-state index contributed by atoms with van der Waals surface area (Å²) in [7, 11) is 2.11. The zero-order valence-electron chi connectivity index (χ0n) is 13.7. The summed E-state index contributed by atoms with van der Waals surface area (Å²) in [6, 6.07) is 3.31. The molecule has 0 bridgehead atoms. The van der Waals surface area contributed by atoms with Gasteiger partial charge in [-0.1, -0.05) is 0 Å². The molecule has 1 N–H and O–H groups in total. The second-order valence-electron chi connectivity index (χ2n) is 6.52. The van der Waals surface area contributed by atoms with Crippen LogP contribution in [0.1, 0.15) is 17.7 Å². The van der Waals surface area contributed by atoms with Gasteiger partial charge in [-0.3, -0.25) is 0 Å². The van der Waals surface area contributed by atoms with Gasteiger partial charge in [0.05, 0.1) is 5.69 Å². The molecule has 1 saturated heterocycles. The molecule has 1 fully saturated rings. The van der Waals surface area contributed by atoms with Gasteiger partial charge in [0.15, 0.2) is 11.6 Å². The first-order valence-electron chi connectivity index (χ1n) is 8.34. The number of pyridine rings is 1. The van der Waals surface area contributed by atoms with Crippen LogP contribution in [0.3, 0.4) is 0 Å². The third-order valence-corrected chi connectivity index (χ3v) is 4.76. The van der Waals surface area contributed by atoms with Crippen LogP contribution in [-0.2, 0) is 13.0 Å². The number of rotatable bonds is 3. The fraction of sp³-hybridized carbons (Fsp3) is 0.471. The Bertz CT molecular complexity index is 737. The number of anilines is 2. The number of hydrogen-bond acceptors (Lipinski definition) is 6. The summed E-state index contributed by atoms with van der Waals surface area (Å²) in [5, 5.41) is 3.54. The highest BCUT2D eigenvalue weighted by molar-refractivity contribution is 5.49. The van der Waals surface area contributed by atoms with E-state index in [1.807, 2.05) is 4.90 Å². The van der Waals surface area contributed by atoms with Crippen LogP contribution >= 0.6 is 0 Å². The molecule has 1 unspecified atom stereocenters. The predicted octanol–water partition coefficient (Wildman–Crippen LogP) is 1.69. The van der Waals surface area contributed by atoms with Crippen LogP contribution in [0.15, 0.2) is 24.7 Å². The molecular formula is C17H21FN6. The van der Waals surface area contributed by atoms with E-state index in [0.717, 1.165) is 50.5 Å². The number of halogens is 1. The molecule has 7 heteroatoms. The molecule has 6 nitrogen and oxygen atoms in total. The van der Waals surface area contributed by atoms with Crippen LogP contribution < -0.4 is 10.2 Å². The first-order chi connectivity index (χ1) is 11.7. The van der Waals surface area contributed by atoms with Crippen LogP contribution in [0.25, 0.3) is 0 Å². The standard InChI is InChI=1S/C17H21FN6/c1-23-7-5-15-13(10-23)16(21-11-20-15)22-12-4-8-24(9-12)17-14(18)3-2-6-19-17/h2-3,6,11-12H,4-5,7-10H2,1H3,(H,20,21,22). The molecule has 4 heterocycles. The topological polar surface area (TPSA) is 57.2 Å². The largest absolute Gasteiger partial charge is 0.365 e. The van der Waals surface area contributed by atoms with E-state index in [1.54, 1.807) is 18.6 Å². The highest BCUT2D eigenvalue weighted by Crippen LogP contribution is 2.26. The average Bonchev–Trinajstić information content (AvgIpc) is 3.04. The molecule has 1 atom stereocenters. The summed E-state index contributed by atoms with van der Waals surface area (Å²) in [4.78, 5) is 17.3. The maximum atomic E-state index is 13.9. The van der Waals surface area contributed by atoms with E-state index in [4.69, 9.17) is 0 Å². The van der Waals surface area contributed by atoms with Crippen molar-refractivity contribution >= 4 is 11.6 Å². The Hall–Kier alpha value is -2.28. The Balaban J connectivity index is 1.49. The quantitative estimate of drug-likeness (QED) is 0.925. The molecule has 2 aliphatic heterocycles. The lowest BCUT2D eigenvalue weighted by Crippen LogP contribution is -2.31. The smallest absolute Gasteiger partial charge is 0.165 e. The van der Waals surface area contributed by atoms with Gasteiger partial charge in [0.25, 0.3) is 0 Å². The zero-order valence-corrected chi connectivity index (χ0v) is 13.7. The van der Waals surface area contributed by atoms with Gasteiger partial charge < -0.3 is 15.1 Å². The highest BCUT2D eigenvalue weighted by Gasteiger charge is 2.27. The summed E-state index contributed by atoms with van der Waals surface area (Å²) in [6.45, 7) is 3.41. The lowest BCUT2D eigenvalue weighted by molar-refractivity contribution is 0.309. The Morgan fingerprint density at radius 2 is 2.17 bits per heavy atom. The number of aromatic nitrogens is 3. The molecule has 0 aliphatic carbocycles. The van der Waals surface area contributed by atoms with E-state index < -0.39 is 0 Å². The van der Waals surface area contributed by atoms with E-state index in [1.165, 1.54) is 11.6 Å². The van der Waals surface area contributed by atoms with Crippen LogP contribution in [0, 0.1) is 5.82 Å². The molecule has 0 amide bonds. The van der Waals surface area contributed by atoms with Crippen molar-refractivity contribution in [1.82, 2.24) is 19.9 Å². The summed E-state index contributed by atoms with van der Waals surface area (Å²) in [6.07, 6.45) is 5.16. The maximum Gasteiger partial charge on any atom is 0.165 e. The van der Waals surface area contributed by atoms with Gasteiger partial charge in [-0.05, 0) is 25.6 Å². The van der Waals surface area contributed by atoms with Crippen molar-refractivity contribution in [3.8, 4) is 0 Å². The van der Waals surface area contributed by atoms with Gasteiger partial charge in [0.2, 0.25) is 0 Å². The lowest BCUT2D eigenvalue weighted by Gasteiger charge is -2.26. The van der Waals surface area contributed by atoms with Crippen molar-refractivity contribution in [2.45, 2.75) is 25.4 Å². The molecule has 0 radical (unpaired) electrons. The van der Waals surface area contributed by atoms with Crippen molar-refractivity contribution in [3.63, 3.8) is 0 Å². The summed E-state index contributed by atoms with van der Waals surface area (Å²) < 4.78 is 13.9. The summed E-state index contributed by atoms with van der Waals surface area (Å²) in [5.74, 6) is 1.09. The fourth-order valence-corrected chi connectivity index (χ4v) is 3.47. The van der Waals surface area contributed by atoms with Crippen LogP contribution in [-0.4, -0.2) is 52.6 Å². The van der Waals surface area contributed by atoms with Gasteiger partial charge >= 0.3 is 0 Å². The van der Waals surface area contributed by atoms with Crippen LogP contribution in [0.5, 0.6) is 0 Å². The second kappa shape index (κ2) is 6.32. The average molecular weight is 328 g/mol. The maximum absolute atomic E-state index is 13.9. The van der Waals surface area contributed by atoms with Crippen molar-refractivity contribution in [1.29, 1.82) is 0 Å². The molecule has 4 rings (SSSR count). The second-order valence-corrected chi connectivity index (χ2v) is 6.52. The monoisotopic (exact) mass is 328 g/mol. The fourth-order valence-electron chi connectivity index (χ4n) is 3.47. The summed E-state index contributed by atoms with van der Waals surface area (Å²) >= 11 is 0. The zero-order chi connectivity index (χ0) is 16.5. The Kier molecular flexibility index (Phi) is 4.02. The van der Waals surface area contributed by atoms with Gasteiger partial charge in [0, 0.05) is 50.4 Å². The number of nitrogens with one attached hydrogen (secondary N) is 1. The van der Waals surface area contributed by atoms with Crippen LogP contribution in [0.2, 0.25) is 0 Å². The molecule has 0 saturated carbocycles. The van der Waals surface area contributed by atoms with E-state index in [0.29, 0.717) is 5.82 Å². The third kappa shape index (κ3) is 2.91. The van der Waals surface area contributed by atoms with E-state index in [9.17, 15) is 4.39 Å². The minimum atomic E-state index is -0.265. The number of hydrogen-bond donors (Lipinski definition) is 1. The van der Waals surface area contributed by atoms with Crippen molar-refractivity contribution in [3.05, 3.63) is 41.7 Å². The Labute approximate surface area is 140 Å². The lowest BCUT2D eigenvalue weighted by atomic mass is 10.1. The molecule has 2 aromatic heterocycles. The Morgan fingerprint density at radius 3 is 3.04 bits per heavy atom. The van der Waals surface area contributed by atoms with Crippen molar-refractivity contribution in [2.75, 3.05) is 36.9 Å². The molecule has 2 aromatic rings. The molecule has 0 aromatic carbocycles. The normalized spacial score (nSPS) is 20.9. The number of likely N-dealkylation sites (N-methyl/N-ethyl adjacent to an activating group) is 1. The number of fused-ring (bicyclic) bond motifs is 1. The van der Waals surface area contributed by atoms with Gasteiger partial charge in [-0.25, -0.2) is 19.3 Å². The van der Waals surface area contributed by atoms with E-state index in [2.05, 4.69) is 32.2 Å². The van der Waals surface area contributed by atoms with Crippen molar-refractivity contribution < 1.29 is 4.39 Å². The minimum Gasteiger partial charge on any atom is -0.365 e. The highest BCUT2D eigenvalue weighted by atomic mass is 19.1. The third-order valence-electron chi connectivity index (χ3n) is 4.76. The first kappa shape index (κ1) is 15.3. The Morgan fingerprint density at radius 1 is 1.25 bits per heavy atom. The molecule has 126 valence electrons. The first-order valence-corrected chi connectivity index (χ1v) is 8.34. The van der Waals surface area contributed by atoms with Gasteiger partial charge in [-0.15, -0.1) is 0 Å². The van der Waals surface area contributed by atoms with Crippen molar-refractivity contribution in [2.24, 2.45) is 0 Å². The van der Waals surface area contributed by atoms with Crippen LogP contribution in [0.4, 0.5) is 16.0 Å². The molecule has 24 heavy (non-hydrogen) atoms. The SMILES string of the molecule is CN1CCc2ncnc(NC3CCN(c4ncccc4F)C3)c2C1. The summed E-state index contributed by atoms with van der Waals surface area (Å²) in [5.41, 5.74) is 2.32. The predicted molar refractivity (Wildman–Crippen MR) is 90.5 cm³/mol. The molecule has 0 spiro atoms. The van der Waals surface area contributed by atoms with E-state index >= 15 is 0 Å². The van der Waals surface area contributed by atoms with Gasteiger partial charge in [0.1, 0.15) is 12.1 Å². The van der Waals surface area contributed by atoms with E-state index in [-0.39, 0.29) is 11.9 Å². The number of nitrogens with zero attached hydrogens (tertiary/aromatic N) is 5. The molecular weight excluding hydrogens is 307 g/mol. The molecule has 2 aliphatic rings. The van der Waals surface area contributed by atoms with Gasteiger partial charge in [-0.2, -0.15) is 0 Å².